The first-order chi connectivity index (χ1) is 12.0. The van der Waals surface area contributed by atoms with Gasteiger partial charge in [0.25, 0.3) is 0 Å². The summed E-state index contributed by atoms with van der Waals surface area (Å²) in [5.74, 6) is -0.797. The summed E-state index contributed by atoms with van der Waals surface area (Å²) in [4.78, 5) is 20.5. The van der Waals surface area contributed by atoms with Gasteiger partial charge in [-0.25, -0.2) is 9.18 Å². The van der Waals surface area contributed by atoms with E-state index < -0.39 is 11.8 Å². The topological polar surface area (TPSA) is 82.1 Å². The lowest BCUT2D eigenvalue weighted by molar-refractivity contribution is 0.0222. The van der Waals surface area contributed by atoms with Crippen molar-refractivity contribution in [2.24, 2.45) is 0 Å². The second-order valence-corrected chi connectivity index (χ2v) is 4.60. The summed E-state index contributed by atoms with van der Waals surface area (Å²) in [6.45, 7) is 2.55. The summed E-state index contributed by atoms with van der Waals surface area (Å²) in [5, 5.41) is 8.46. The molecule has 2 rings (SSSR count). The summed E-state index contributed by atoms with van der Waals surface area (Å²) in [5.41, 5.74) is 0.672. The van der Waals surface area contributed by atoms with Crippen LogP contribution in [-0.4, -0.2) is 37.9 Å². The van der Waals surface area contributed by atoms with Gasteiger partial charge >= 0.3 is 5.97 Å². The highest BCUT2D eigenvalue weighted by atomic mass is 19.1. The molecule has 0 unspecified atom stereocenters. The maximum Gasteiger partial charge on any atom is 0.335 e. The van der Waals surface area contributed by atoms with Gasteiger partial charge in [0, 0.05) is 18.2 Å². The molecule has 0 saturated carbocycles. The van der Waals surface area contributed by atoms with Gasteiger partial charge in [0.1, 0.15) is 12.0 Å². The SMILES string of the molecule is CCOCOc1ccc(OC)c(F)c1.O=Cc1ccc(C(=O)O)cc1. The first-order valence-corrected chi connectivity index (χ1v) is 7.34. The van der Waals surface area contributed by atoms with E-state index in [1.54, 1.807) is 6.07 Å². The van der Waals surface area contributed by atoms with Crippen molar-refractivity contribution in [2.45, 2.75) is 6.92 Å². The van der Waals surface area contributed by atoms with Crippen molar-refractivity contribution in [3.63, 3.8) is 0 Å². The lowest BCUT2D eigenvalue weighted by Gasteiger charge is -2.07. The molecule has 6 nitrogen and oxygen atoms in total. The predicted molar refractivity (Wildman–Crippen MR) is 88.9 cm³/mol. The number of methoxy groups -OCH3 is 1. The van der Waals surface area contributed by atoms with Crippen LogP contribution in [0.25, 0.3) is 0 Å². The summed E-state index contributed by atoms with van der Waals surface area (Å²) >= 11 is 0. The van der Waals surface area contributed by atoms with Crippen LogP contribution in [0.4, 0.5) is 4.39 Å². The molecular formula is C18H19FO6. The molecule has 0 aliphatic rings. The third-order valence-electron chi connectivity index (χ3n) is 2.93. The van der Waals surface area contributed by atoms with Crippen molar-refractivity contribution in [3.8, 4) is 11.5 Å². The number of aromatic carboxylic acids is 1. The van der Waals surface area contributed by atoms with Crippen molar-refractivity contribution in [1.29, 1.82) is 0 Å². The molecule has 0 bridgehead atoms. The van der Waals surface area contributed by atoms with Crippen molar-refractivity contribution in [3.05, 3.63) is 59.4 Å². The van der Waals surface area contributed by atoms with Crippen LogP contribution in [-0.2, 0) is 4.74 Å². The molecule has 0 fully saturated rings. The summed E-state index contributed by atoms with van der Waals surface area (Å²) < 4.78 is 27.9. The van der Waals surface area contributed by atoms with E-state index in [1.807, 2.05) is 6.92 Å². The van der Waals surface area contributed by atoms with Crippen LogP contribution in [0.2, 0.25) is 0 Å². The summed E-state index contributed by atoms with van der Waals surface area (Å²) in [7, 11) is 1.42. The van der Waals surface area contributed by atoms with Gasteiger partial charge < -0.3 is 19.3 Å². The Kier molecular flexibility index (Phi) is 8.67. The first kappa shape index (κ1) is 20.1. The summed E-state index contributed by atoms with van der Waals surface area (Å²) in [6.07, 6.45) is 0.672. The van der Waals surface area contributed by atoms with E-state index in [-0.39, 0.29) is 18.1 Å². The van der Waals surface area contributed by atoms with Crippen LogP contribution in [0.5, 0.6) is 11.5 Å². The van der Waals surface area contributed by atoms with E-state index >= 15 is 0 Å². The van der Waals surface area contributed by atoms with Crippen LogP contribution < -0.4 is 9.47 Å². The highest BCUT2D eigenvalue weighted by Crippen LogP contribution is 2.21. The van der Waals surface area contributed by atoms with Gasteiger partial charge in [-0.1, -0.05) is 12.1 Å². The maximum atomic E-state index is 13.1. The van der Waals surface area contributed by atoms with Crippen molar-refractivity contribution >= 4 is 12.3 Å². The Morgan fingerprint density at radius 2 is 1.88 bits per heavy atom. The molecule has 1 N–H and O–H groups in total. The highest BCUT2D eigenvalue weighted by Gasteiger charge is 2.03. The second kappa shape index (κ2) is 10.8. The van der Waals surface area contributed by atoms with Crippen LogP contribution in [0.15, 0.2) is 42.5 Å². The van der Waals surface area contributed by atoms with Crippen LogP contribution in [0.1, 0.15) is 27.6 Å². The van der Waals surface area contributed by atoms with E-state index in [1.165, 1.54) is 43.5 Å². The standard InChI is InChI=1S/C10H13FO3.C8H6O3/c1-3-13-7-14-8-4-5-10(12-2)9(11)6-8;9-5-6-1-3-7(4-2-6)8(10)11/h4-6H,3,7H2,1-2H3;1-5H,(H,10,11). The molecule has 0 atom stereocenters. The lowest BCUT2D eigenvalue weighted by atomic mass is 10.1. The molecule has 0 spiro atoms. The molecule has 134 valence electrons. The Hall–Kier alpha value is -2.93. The maximum absolute atomic E-state index is 13.1. The third-order valence-corrected chi connectivity index (χ3v) is 2.93. The fourth-order valence-electron chi connectivity index (χ4n) is 1.63. The van der Waals surface area contributed by atoms with Gasteiger partial charge in [0.15, 0.2) is 18.4 Å². The number of hydrogen-bond donors (Lipinski definition) is 1. The van der Waals surface area contributed by atoms with Crippen LogP contribution in [0, 0.1) is 5.82 Å². The number of halogens is 1. The monoisotopic (exact) mass is 350 g/mol. The molecule has 0 aliphatic carbocycles. The van der Waals surface area contributed by atoms with Crippen molar-refractivity contribution < 1.29 is 33.3 Å². The number of rotatable bonds is 7. The number of carbonyl (C=O) groups is 2. The lowest BCUT2D eigenvalue weighted by Crippen LogP contribution is -2.02. The van der Waals surface area contributed by atoms with Crippen molar-refractivity contribution in [2.75, 3.05) is 20.5 Å². The van der Waals surface area contributed by atoms with Crippen LogP contribution >= 0.6 is 0 Å². The summed E-state index contributed by atoms with van der Waals surface area (Å²) in [6, 6.07) is 10.1. The fraction of sp³-hybridized carbons (Fsp3) is 0.222. The molecule has 0 radical (unpaired) electrons. The Morgan fingerprint density at radius 1 is 1.20 bits per heavy atom. The number of carboxylic acid groups (broad SMARTS) is 1. The van der Waals surface area contributed by atoms with Gasteiger partial charge in [0.2, 0.25) is 0 Å². The molecule has 0 aromatic heterocycles. The van der Waals surface area contributed by atoms with Gasteiger partial charge in [0.05, 0.1) is 12.7 Å². The highest BCUT2D eigenvalue weighted by molar-refractivity contribution is 5.88. The zero-order valence-corrected chi connectivity index (χ0v) is 13.9. The molecule has 0 aliphatic heterocycles. The van der Waals surface area contributed by atoms with E-state index in [2.05, 4.69) is 0 Å². The molecule has 0 saturated heterocycles. The van der Waals surface area contributed by atoms with Gasteiger partial charge in [-0.05, 0) is 31.2 Å². The number of carbonyl (C=O) groups excluding carboxylic acids is 1. The molecular weight excluding hydrogens is 331 g/mol. The average Bonchev–Trinajstić information content (AvgIpc) is 2.62. The fourth-order valence-corrected chi connectivity index (χ4v) is 1.63. The van der Waals surface area contributed by atoms with Crippen molar-refractivity contribution in [1.82, 2.24) is 0 Å². The van der Waals surface area contributed by atoms with Crippen LogP contribution in [0.3, 0.4) is 0 Å². The largest absolute Gasteiger partial charge is 0.494 e. The smallest absolute Gasteiger partial charge is 0.335 e. The Labute approximate surface area is 144 Å². The normalized spacial score (nSPS) is 9.56. The second-order valence-electron chi connectivity index (χ2n) is 4.60. The van der Waals surface area contributed by atoms with E-state index in [9.17, 15) is 14.0 Å². The number of hydrogen-bond acceptors (Lipinski definition) is 5. The quantitative estimate of drug-likeness (QED) is 0.468. The van der Waals surface area contributed by atoms with E-state index in [0.717, 1.165) is 0 Å². The minimum Gasteiger partial charge on any atom is -0.494 e. The molecule has 0 amide bonds. The first-order valence-electron chi connectivity index (χ1n) is 7.34. The minimum atomic E-state index is -0.984. The molecule has 7 heteroatoms. The number of aldehydes is 1. The van der Waals surface area contributed by atoms with E-state index in [4.69, 9.17) is 19.3 Å². The zero-order valence-electron chi connectivity index (χ0n) is 13.9. The Balaban J connectivity index is 0.000000257. The van der Waals surface area contributed by atoms with Gasteiger partial charge in [-0.2, -0.15) is 0 Å². The molecule has 0 heterocycles. The number of carboxylic acids is 1. The van der Waals surface area contributed by atoms with E-state index in [0.29, 0.717) is 24.2 Å². The van der Waals surface area contributed by atoms with Gasteiger partial charge in [-0.15, -0.1) is 0 Å². The number of ether oxygens (including phenoxy) is 3. The third kappa shape index (κ3) is 7.01. The Morgan fingerprint density at radius 3 is 2.36 bits per heavy atom. The minimum absolute atomic E-state index is 0.127. The zero-order chi connectivity index (χ0) is 18.7. The number of benzene rings is 2. The molecule has 25 heavy (non-hydrogen) atoms. The molecule has 2 aromatic rings. The van der Waals surface area contributed by atoms with Gasteiger partial charge in [-0.3, -0.25) is 4.79 Å². The average molecular weight is 350 g/mol. The predicted octanol–water partition coefficient (Wildman–Crippen LogP) is 3.40. The molecule has 2 aromatic carbocycles. The Bertz CT molecular complexity index is 684.